The molecule has 1 saturated heterocycles. The second-order valence-corrected chi connectivity index (χ2v) is 2.99. The van der Waals surface area contributed by atoms with Gasteiger partial charge < -0.3 is 20.3 Å². The van der Waals surface area contributed by atoms with Crippen molar-refractivity contribution in [3.8, 4) is 0 Å². The van der Waals surface area contributed by atoms with E-state index >= 15 is 0 Å². The van der Waals surface area contributed by atoms with Gasteiger partial charge in [0.25, 0.3) is 0 Å². The van der Waals surface area contributed by atoms with Crippen molar-refractivity contribution < 1.29 is 14.6 Å². The van der Waals surface area contributed by atoms with Gasteiger partial charge in [-0.2, -0.15) is 0 Å². The summed E-state index contributed by atoms with van der Waals surface area (Å²) in [4.78, 5) is 0. The fraction of sp³-hybridized carbons (Fsp3) is 1.00. The zero-order valence-corrected chi connectivity index (χ0v) is 7.24. The first-order valence-corrected chi connectivity index (χ1v) is 4.44. The molecule has 0 aromatic rings. The van der Waals surface area contributed by atoms with Crippen LogP contribution in [0.4, 0.5) is 0 Å². The highest BCUT2D eigenvalue weighted by Gasteiger charge is 2.15. The average molecular weight is 175 g/mol. The third-order valence-electron chi connectivity index (χ3n) is 1.94. The maximum atomic E-state index is 9.13. The van der Waals surface area contributed by atoms with Crippen LogP contribution >= 0.6 is 0 Å². The van der Waals surface area contributed by atoms with Crippen molar-refractivity contribution in [2.24, 2.45) is 5.73 Å². The van der Waals surface area contributed by atoms with Gasteiger partial charge >= 0.3 is 0 Å². The quantitative estimate of drug-likeness (QED) is 0.610. The fourth-order valence-corrected chi connectivity index (χ4v) is 1.21. The van der Waals surface area contributed by atoms with Crippen molar-refractivity contribution in [2.75, 3.05) is 19.8 Å². The van der Waals surface area contributed by atoms with Gasteiger partial charge in [0, 0.05) is 6.54 Å². The van der Waals surface area contributed by atoms with Crippen LogP contribution in [0, 0.1) is 0 Å². The Labute approximate surface area is 72.6 Å². The summed E-state index contributed by atoms with van der Waals surface area (Å²) in [7, 11) is 0. The van der Waals surface area contributed by atoms with Crippen LogP contribution in [0.25, 0.3) is 0 Å². The van der Waals surface area contributed by atoms with Crippen LogP contribution in [0.2, 0.25) is 0 Å². The molecule has 1 aliphatic rings. The predicted octanol–water partition coefficient (Wildman–Crippen LogP) is -0.151. The van der Waals surface area contributed by atoms with Crippen LogP contribution in [-0.2, 0) is 9.47 Å². The molecule has 4 nitrogen and oxygen atoms in total. The highest BCUT2D eigenvalue weighted by molar-refractivity contribution is 4.58. The minimum atomic E-state index is -0.369. The minimum absolute atomic E-state index is 0.0463. The highest BCUT2D eigenvalue weighted by atomic mass is 16.7. The van der Waals surface area contributed by atoms with E-state index in [0.717, 1.165) is 19.3 Å². The number of hydrogen-bond acceptors (Lipinski definition) is 4. The van der Waals surface area contributed by atoms with E-state index in [1.807, 2.05) is 0 Å². The van der Waals surface area contributed by atoms with Crippen molar-refractivity contribution in [1.82, 2.24) is 0 Å². The van der Waals surface area contributed by atoms with Gasteiger partial charge in [-0.1, -0.05) is 0 Å². The molecule has 0 spiro atoms. The monoisotopic (exact) mass is 175 g/mol. The lowest BCUT2D eigenvalue weighted by Crippen LogP contribution is -2.20. The van der Waals surface area contributed by atoms with E-state index in [1.165, 1.54) is 0 Å². The van der Waals surface area contributed by atoms with Crippen molar-refractivity contribution in [3.05, 3.63) is 0 Å². The molecule has 0 saturated carbocycles. The van der Waals surface area contributed by atoms with Crippen LogP contribution < -0.4 is 5.73 Å². The second kappa shape index (κ2) is 5.48. The topological polar surface area (TPSA) is 64.7 Å². The zero-order valence-electron chi connectivity index (χ0n) is 7.24. The standard InChI is InChI=1S/C8H17NO3/c9-6-7(10)2-1-3-8-11-4-5-12-8/h7-8,10H,1-6,9H2. The van der Waals surface area contributed by atoms with Crippen LogP contribution in [0.15, 0.2) is 0 Å². The first-order valence-electron chi connectivity index (χ1n) is 4.44. The lowest BCUT2D eigenvalue weighted by molar-refractivity contribution is -0.0492. The molecule has 0 aliphatic carbocycles. The Hall–Kier alpha value is -0.160. The molecule has 0 amide bonds. The van der Waals surface area contributed by atoms with Crippen molar-refractivity contribution in [3.63, 3.8) is 0 Å². The first kappa shape index (κ1) is 9.92. The molecule has 1 aliphatic heterocycles. The second-order valence-electron chi connectivity index (χ2n) is 2.99. The Balaban J connectivity index is 1.94. The van der Waals surface area contributed by atoms with Gasteiger partial charge in [-0.05, 0) is 19.3 Å². The number of nitrogens with two attached hydrogens (primary N) is 1. The van der Waals surface area contributed by atoms with Gasteiger partial charge in [-0.3, -0.25) is 0 Å². The molecule has 1 fully saturated rings. The first-order chi connectivity index (χ1) is 5.83. The van der Waals surface area contributed by atoms with Gasteiger partial charge in [-0.15, -0.1) is 0 Å². The number of ether oxygens (including phenoxy) is 2. The van der Waals surface area contributed by atoms with Gasteiger partial charge in [0.05, 0.1) is 19.3 Å². The summed E-state index contributed by atoms with van der Waals surface area (Å²) in [6.45, 7) is 1.74. The predicted molar refractivity (Wildman–Crippen MR) is 44.6 cm³/mol. The van der Waals surface area contributed by atoms with Crippen LogP contribution in [0.1, 0.15) is 19.3 Å². The average Bonchev–Trinajstić information content (AvgIpc) is 2.57. The molecule has 0 aromatic carbocycles. The summed E-state index contributed by atoms with van der Waals surface area (Å²) >= 11 is 0. The van der Waals surface area contributed by atoms with Crippen LogP contribution in [-0.4, -0.2) is 37.3 Å². The Morgan fingerprint density at radius 2 is 2.08 bits per heavy atom. The smallest absolute Gasteiger partial charge is 0.157 e. The molecule has 0 bridgehead atoms. The summed E-state index contributed by atoms with van der Waals surface area (Å²) in [5.74, 6) is 0. The van der Waals surface area contributed by atoms with Crippen LogP contribution in [0.5, 0.6) is 0 Å². The third-order valence-corrected chi connectivity index (χ3v) is 1.94. The van der Waals surface area contributed by atoms with Gasteiger partial charge in [0.2, 0.25) is 0 Å². The minimum Gasteiger partial charge on any atom is -0.392 e. The molecule has 1 atom stereocenters. The molecule has 0 radical (unpaired) electrons. The van der Waals surface area contributed by atoms with E-state index in [2.05, 4.69) is 0 Å². The summed E-state index contributed by atoms with van der Waals surface area (Å²) in [6, 6.07) is 0. The van der Waals surface area contributed by atoms with E-state index in [4.69, 9.17) is 20.3 Å². The van der Waals surface area contributed by atoms with E-state index < -0.39 is 0 Å². The molecule has 3 N–H and O–H groups in total. The maximum Gasteiger partial charge on any atom is 0.157 e. The van der Waals surface area contributed by atoms with Gasteiger partial charge in [0.15, 0.2) is 6.29 Å². The third kappa shape index (κ3) is 3.49. The fourth-order valence-electron chi connectivity index (χ4n) is 1.21. The van der Waals surface area contributed by atoms with Crippen molar-refractivity contribution in [2.45, 2.75) is 31.7 Å². The van der Waals surface area contributed by atoms with Gasteiger partial charge in [-0.25, -0.2) is 0 Å². The Kier molecular flexibility index (Phi) is 4.53. The van der Waals surface area contributed by atoms with Crippen molar-refractivity contribution in [1.29, 1.82) is 0 Å². The molecular weight excluding hydrogens is 158 g/mol. The van der Waals surface area contributed by atoms with E-state index in [9.17, 15) is 0 Å². The molecule has 4 heteroatoms. The largest absolute Gasteiger partial charge is 0.392 e. The van der Waals surface area contributed by atoms with E-state index in [1.54, 1.807) is 0 Å². The molecular formula is C8H17NO3. The lowest BCUT2D eigenvalue weighted by Gasteiger charge is -2.10. The van der Waals surface area contributed by atoms with Crippen LogP contribution in [0.3, 0.4) is 0 Å². The van der Waals surface area contributed by atoms with E-state index in [-0.39, 0.29) is 12.4 Å². The highest BCUT2D eigenvalue weighted by Crippen LogP contribution is 2.12. The zero-order chi connectivity index (χ0) is 8.81. The number of rotatable bonds is 5. The summed E-state index contributed by atoms with van der Waals surface area (Å²) in [6.07, 6.45) is 2.08. The Morgan fingerprint density at radius 1 is 1.42 bits per heavy atom. The molecule has 0 aromatic heterocycles. The molecule has 1 unspecified atom stereocenters. The summed E-state index contributed by atoms with van der Waals surface area (Å²) < 4.78 is 10.5. The van der Waals surface area contributed by atoms with Gasteiger partial charge in [0.1, 0.15) is 0 Å². The molecule has 72 valence electrons. The molecule has 1 heterocycles. The number of aliphatic hydroxyl groups is 1. The normalized spacial score (nSPS) is 21.5. The van der Waals surface area contributed by atoms with E-state index in [0.29, 0.717) is 19.8 Å². The summed E-state index contributed by atoms with van der Waals surface area (Å²) in [5.41, 5.74) is 5.25. The lowest BCUT2D eigenvalue weighted by atomic mass is 10.1. The number of aliphatic hydroxyl groups excluding tert-OH is 1. The van der Waals surface area contributed by atoms with Crippen molar-refractivity contribution >= 4 is 0 Å². The molecule has 12 heavy (non-hydrogen) atoms. The molecule has 1 rings (SSSR count). The SMILES string of the molecule is NCC(O)CCCC1OCCO1. The Morgan fingerprint density at radius 3 is 2.67 bits per heavy atom. The maximum absolute atomic E-state index is 9.13. The summed E-state index contributed by atoms with van der Waals surface area (Å²) in [5, 5.41) is 9.13. The number of hydrogen-bond donors (Lipinski definition) is 2. The Bertz CT molecular complexity index is 115.